The van der Waals surface area contributed by atoms with Crippen molar-refractivity contribution >= 4 is 12.0 Å². The summed E-state index contributed by atoms with van der Waals surface area (Å²) in [5.74, 6) is -1.32. The molecular formula is C11H15F3N2O4. The number of urea groups is 1. The maximum absolute atomic E-state index is 12.5. The summed E-state index contributed by atoms with van der Waals surface area (Å²) in [5.41, 5.74) is 0. The van der Waals surface area contributed by atoms with E-state index in [2.05, 4.69) is 0 Å². The molecule has 0 bridgehead atoms. The van der Waals surface area contributed by atoms with Crippen molar-refractivity contribution in [2.75, 3.05) is 13.1 Å². The molecule has 1 saturated carbocycles. The number of carboxylic acid groups (broad SMARTS) is 1. The molecule has 1 aliphatic carbocycles. The Morgan fingerprint density at radius 3 is 2.35 bits per heavy atom. The minimum atomic E-state index is -4.53. The number of likely N-dealkylation sites (tertiary alicyclic amines) is 1. The van der Waals surface area contributed by atoms with E-state index in [0.717, 1.165) is 4.90 Å². The minimum absolute atomic E-state index is 0.161. The van der Waals surface area contributed by atoms with E-state index in [1.165, 1.54) is 0 Å². The molecule has 2 rings (SSSR count). The first kappa shape index (κ1) is 14.9. The predicted octanol–water partition coefficient (Wildman–Crippen LogP) is 0.653. The fraction of sp³-hybridized carbons (Fsp3) is 0.818. The highest BCUT2D eigenvalue weighted by Gasteiger charge is 2.46. The number of nitrogens with zero attached hydrogens (tertiary/aromatic N) is 2. The molecule has 6 nitrogen and oxygen atoms in total. The standard InChI is InChI=1S/C11H15F3N2O4/c12-11(13,14)5-16(6-1-2-6)10(20)15-4-7(17)3-8(15)9(18)19/h6-8,17H,1-5H2,(H,18,19). The van der Waals surface area contributed by atoms with Crippen LogP contribution in [0.25, 0.3) is 0 Å². The number of carbonyl (C=O) groups excluding carboxylic acids is 1. The van der Waals surface area contributed by atoms with Gasteiger partial charge in [0.25, 0.3) is 0 Å². The molecule has 0 aromatic carbocycles. The van der Waals surface area contributed by atoms with Gasteiger partial charge in [0.15, 0.2) is 0 Å². The summed E-state index contributed by atoms with van der Waals surface area (Å²) in [6.45, 7) is -1.65. The number of amides is 2. The van der Waals surface area contributed by atoms with Crippen molar-refractivity contribution in [2.45, 2.75) is 43.6 Å². The van der Waals surface area contributed by atoms with Crippen molar-refractivity contribution in [3.8, 4) is 0 Å². The quantitative estimate of drug-likeness (QED) is 0.801. The van der Waals surface area contributed by atoms with Gasteiger partial charge >= 0.3 is 18.2 Å². The minimum Gasteiger partial charge on any atom is -0.480 e. The zero-order valence-corrected chi connectivity index (χ0v) is 10.5. The maximum Gasteiger partial charge on any atom is 0.406 e. The van der Waals surface area contributed by atoms with Crippen molar-refractivity contribution in [3.05, 3.63) is 0 Å². The summed E-state index contributed by atoms with van der Waals surface area (Å²) in [5, 5.41) is 18.4. The third kappa shape index (κ3) is 3.33. The van der Waals surface area contributed by atoms with Crippen LogP contribution in [-0.4, -0.2) is 69.5 Å². The fourth-order valence-electron chi connectivity index (χ4n) is 2.36. The smallest absolute Gasteiger partial charge is 0.406 e. The molecule has 114 valence electrons. The van der Waals surface area contributed by atoms with E-state index in [1.807, 2.05) is 0 Å². The third-order valence-corrected chi connectivity index (χ3v) is 3.39. The summed E-state index contributed by atoms with van der Waals surface area (Å²) in [4.78, 5) is 24.6. The Morgan fingerprint density at radius 1 is 1.30 bits per heavy atom. The number of aliphatic hydroxyl groups is 1. The monoisotopic (exact) mass is 296 g/mol. The molecule has 1 heterocycles. The summed E-state index contributed by atoms with van der Waals surface area (Å²) in [6.07, 6.45) is -4.75. The Hall–Kier alpha value is -1.51. The fourth-order valence-corrected chi connectivity index (χ4v) is 2.36. The number of hydrogen-bond acceptors (Lipinski definition) is 3. The summed E-state index contributed by atoms with van der Waals surface area (Å²) in [7, 11) is 0. The molecular weight excluding hydrogens is 281 g/mol. The topological polar surface area (TPSA) is 81.1 Å². The van der Waals surface area contributed by atoms with E-state index in [1.54, 1.807) is 0 Å². The zero-order chi connectivity index (χ0) is 15.1. The Morgan fingerprint density at radius 2 is 1.90 bits per heavy atom. The number of halogens is 3. The summed E-state index contributed by atoms with van der Waals surface area (Å²) < 4.78 is 37.5. The molecule has 20 heavy (non-hydrogen) atoms. The van der Waals surface area contributed by atoms with Crippen LogP contribution in [0, 0.1) is 0 Å². The van der Waals surface area contributed by atoms with E-state index in [0.29, 0.717) is 17.7 Å². The van der Waals surface area contributed by atoms with Crippen molar-refractivity contribution in [3.63, 3.8) is 0 Å². The lowest BCUT2D eigenvalue weighted by atomic mass is 10.2. The SMILES string of the molecule is O=C(O)C1CC(O)CN1C(=O)N(CC(F)(F)F)C1CC1. The maximum atomic E-state index is 12.5. The summed E-state index contributed by atoms with van der Waals surface area (Å²) >= 11 is 0. The van der Waals surface area contributed by atoms with Gasteiger partial charge < -0.3 is 20.0 Å². The van der Waals surface area contributed by atoms with Crippen LogP contribution in [0.3, 0.4) is 0 Å². The number of alkyl halides is 3. The second-order valence-corrected chi connectivity index (χ2v) is 5.15. The third-order valence-electron chi connectivity index (χ3n) is 3.39. The second kappa shape index (κ2) is 5.12. The molecule has 0 spiro atoms. The van der Waals surface area contributed by atoms with Crippen LogP contribution in [0.1, 0.15) is 19.3 Å². The van der Waals surface area contributed by atoms with Crippen molar-refractivity contribution in [1.29, 1.82) is 0 Å². The molecule has 2 amide bonds. The van der Waals surface area contributed by atoms with Crippen LogP contribution in [0.4, 0.5) is 18.0 Å². The van der Waals surface area contributed by atoms with Crippen LogP contribution in [-0.2, 0) is 4.79 Å². The molecule has 1 saturated heterocycles. The number of β-amino-alcohol motifs (C(OH)–C–C–N with tert-alkyl or cyclic N) is 1. The van der Waals surface area contributed by atoms with E-state index in [4.69, 9.17) is 5.11 Å². The van der Waals surface area contributed by atoms with E-state index in [-0.39, 0.29) is 13.0 Å². The molecule has 1 aliphatic heterocycles. The van der Waals surface area contributed by atoms with Crippen LogP contribution in [0.5, 0.6) is 0 Å². The first-order chi connectivity index (χ1) is 9.19. The van der Waals surface area contributed by atoms with Crippen LogP contribution < -0.4 is 0 Å². The number of carboxylic acids is 1. The lowest BCUT2D eigenvalue weighted by molar-refractivity contribution is -0.144. The van der Waals surface area contributed by atoms with Gasteiger partial charge in [0.05, 0.1) is 6.10 Å². The number of hydrogen-bond donors (Lipinski definition) is 2. The number of aliphatic carboxylic acids is 1. The highest BCUT2D eigenvalue weighted by Crippen LogP contribution is 2.32. The first-order valence-electron chi connectivity index (χ1n) is 6.24. The van der Waals surface area contributed by atoms with Crippen molar-refractivity contribution in [2.24, 2.45) is 0 Å². The average molecular weight is 296 g/mol. The van der Waals surface area contributed by atoms with Crippen LogP contribution in [0.2, 0.25) is 0 Å². The second-order valence-electron chi connectivity index (χ2n) is 5.15. The van der Waals surface area contributed by atoms with Gasteiger partial charge in [0.1, 0.15) is 12.6 Å². The highest BCUT2D eigenvalue weighted by molar-refractivity contribution is 5.84. The van der Waals surface area contributed by atoms with Crippen molar-refractivity contribution in [1.82, 2.24) is 9.80 Å². The molecule has 2 fully saturated rings. The molecule has 0 aromatic heterocycles. The van der Waals surface area contributed by atoms with Gasteiger partial charge in [0, 0.05) is 19.0 Å². The number of aliphatic hydroxyl groups excluding tert-OH is 1. The largest absolute Gasteiger partial charge is 0.480 e. The Labute approximate surface area is 112 Å². The highest BCUT2D eigenvalue weighted by atomic mass is 19.4. The zero-order valence-electron chi connectivity index (χ0n) is 10.5. The number of carbonyl (C=O) groups is 2. The van der Waals surface area contributed by atoms with Gasteiger partial charge in [0.2, 0.25) is 0 Å². The van der Waals surface area contributed by atoms with E-state index in [9.17, 15) is 27.9 Å². The summed E-state index contributed by atoms with van der Waals surface area (Å²) in [6, 6.07) is -2.72. The van der Waals surface area contributed by atoms with Gasteiger partial charge in [-0.2, -0.15) is 13.2 Å². The Balaban J connectivity index is 2.12. The molecule has 2 unspecified atom stereocenters. The van der Waals surface area contributed by atoms with Crippen LogP contribution >= 0.6 is 0 Å². The normalized spacial score (nSPS) is 26.7. The van der Waals surface area contributed by atoms with Gasteiger partial charge in [-0.05, 0) is 12.8 Å². The Kier molecular flexibility index (Phi) is 3.81. The van der Waals surface area contributed by atoms with Gasteiger partial charge in [-0.3, -0.25) is 0 Å². The molecule has 0 radical (unpaired) electrons. The first-order valence-corrected chi connectivity index (χ1v) is 6.24. The predicted molar refractivity (Wildman–Crippen MR) is 59.9 cm³/mol. The Bertz CT molecular complexity index is 411. The molecule has 2 atom stereocenters. The number of rotatable bonds is 3. The molecule has 0 aromatic rings. The van der Waals surface area contributed by atoms with Gasteiger partial charge in [-0.1, -0.05) is 0 Å². The van der Waals surface area contributed by atoms with Gasteiger partial charge in [-0.25, -0.2) is 9.59 Å². The van der Waals surface area contributed by atoms with Gasteiger partial charge in [-0.15, -0.1) is 0 Å². The van der Waals surface area contributed by atoms with E-state index >= 15 is 0 Å². The average Bonchev–Trinajstić information content (AvgIpc) is 3.06. The van der Waals surface area contributed by atoms with Crippen LogP contribution in [0.15, 0.2) is 0 Å². The molecule has 2 aliphatic rings. The molecule has 2 N–H and O–H groups in total. The van der Waals surface area contributed by atoms with E-state index < -0.39 is 42.9 Å². The lowest BCUT2D eigenvalue weighted by Gasteiger charge is -2.30. The molecule has 9 heteroatoms. The lowest BCUT2D eigenvalue weighted by Crippen LogP contribution is -2.51. The van der Waals surface area contributed by atoms with Crippen molar-refractivity contribution < 1.29 is 33.0 Å².